The molecule has 0 atom stereocenters. The van der Waals surface area contributed by atoms with E-state index in [0.717, 1.165) is 13.1 Å². The Bertz CT molecular complexity index is 249. The number of hydrogen-bond acceptors (Lipinski definition) is 1. The van der Waals surface area contributed by atoms with E-state index in [0.29, 0.717) is 0 Å². The first-order valence-electron chi connectivity index (χ1n) is 4.59. The van der Waals surface area contributed by atoms with Crippen molar-refractivity contribution in [1.29, 1.82) is 0 Å². The summed E-state index contributed by atoms with van der Waals surface area (Å²) in [6.07, 6.45) is 0. The van der Waals surface area contributed by atoms with Gasteiger partial charge in [-0.3, -0.25) is 0 Å². The predicted molar refractivity (Wildman–Crippen MR) is 55.9 cm³/mol. The van der Waals surface area contributed by atoms with Crippen LogP contribution in [0.5, 0.6) is 0 Å². The molecule has 0 aromatic heterocycles. The molecule has 1 aromatic rings. The number of benzene rings is 1. The van der Waals surface area contributed by atoms with Crippen LogP contribution in [0, 0.1) is 6.92 Å². The summed E-state index contributed by atoms with van der Waals surface area (Å²) >= 11 is 0. The maximum absolute atomic E-state index is 2.35. The van der Waals surface area contributed by atoms with Crippen LogP contribution in [-0.2, 0) is 0 Å². The Hall–Kier alpha value is -0.383. The largest absolute Gasteiger partial charge is 1.00 e. The standard InChI is InChI=1S/C11H17N.Li.H/c1-4-12(5-2)11-8-6-7-10(3)9-11;;/h6-9H,4-5H2,1-3H3;;/q;+1;-1. The number of nitrogens with zero attached hydrogens (tertiary/aromatic N) is 1. The summed E-state index contributed by atoms with van der Waals surface area (Å²) in [7, 11) is 0. The molecule has 68 valence electrons. The Morgan fingerprint density at radius 3 is 2.31 bits per heavy atom. The first-order chi connectivity index (χ1) is 5.77. The molecule has 1 aromatic carbocycles. The molecule has 0 unspecified atom stereocenters. The predicted octanol–water partition coefficient (Wildman–Crippen LogP) is -0.0423. The molecule has 0 fully saturated rings. The summed E-state index contributed by atoms with van der Waals surface area (Å²) in [5.74, 6) is 0. The van der Waals surface area contributed by atoms with E-state index >= 15 is 0 Å². The second-order valence-corrected chi connectivity index (χ2v) is 3.01. The molecular formula is C11H18LiN. The van der Waals surface area contributed by atoms with Gasteiger partial charge < -0.3 is 6.33 Å². The minimum atomic E-state index is 0. The van der Waals surface area contributed by atoms with Gasteiger partial charge in [0, 0.05) is 18.8 Å². The second-order valence-electron chi connectivity index (χ2n) is 3.01. The number of anilines is 1. The molecule has 0 bridgehead atoms. The van der Waals surface area contributed by atoms with Crippen molar-refractivity contribution in [2.45, 2.75) is 20.8 Å². The van der Waals surface area contributed by atoms with Crippen LogP contribution in [0.3, 0.4) is 0 Å². The van der Waals surface area contributed by atoms with Gasteiger partial charge in [0.05, 0.1) is 0 Å². The van der Waals surface area contributed by atoms with E-state index in [2.05, 4.69) is 49.9 Å². The van der Waals surface area contributed by atoms with Crippen LogP contribution in [0.1, 0.15) is 20.8 Å². The zero-order chi connectivity index (χ0) is 8.97. The Kier molecular flexibility index (Phi) is 5.95. The van der Waals surface area contributed by atoms with Gasteiger partial charge in [0.2, 0.25) is 0 Å². The third-order valence-electron chi connectivity index (χ3n) is 2.13. The van der Waals surface area contributed by atoms with Crippen molar-refractivity contribution >= 4 is 5.69 Å². The van der Waals surface area contributed by atoms with E-state index in [9.17, 15) is 0 Å². The Balaban J connectivity index is 0. The van der Waals surface area contributed by atoms with Crippen molar-refractivity contribution < 1.29 is 20.3 Å². The van der Waals surface area contributed by atoms with E-state index in [4.69, 9.17) is 0 Å². The van der Waals surface area contributed by atoms with Gasteiger partial charge in [-0.25, -0.2) is 0 Å². The van der Waals surface area contributed by atoms with Crippen molar-refractivity contribution in [2.24, 2.45) is 0 Å². The van der Waals surface area contributed by atoms with Crippen LogP contribution in [0.2, 0.25) is 0 Å². The molecule has 0 spiro atoms. The number of hydrogen-bond donors (Lipinski definition) is 0. The van der Waals surface area contributed by atoms with Crippen molar-refractivity contribution in [2.75, 3.05) is 18.0 Å². The second kappa shape index (κ2) is 6.13. The minimum absolute atomic E-state index is 0. The third-order valence-corrected chi connectivity index (χ3v) is 2.13. The van der Waals surface area contributed by atoms with Crippen molar-refractivity contribution in [3.63, 3.8) is 0 Å². The minimum Gasteiger partial charge on any atom is -1.00 e. The van der Waals surface area contributed by atoms with Crippen LogP contribution >= 0.6 is 0 Å². The van der Waals surface area contributed by atoms with Gasteiger partial charge in [-0.2, -0.15) is 0 Å². The van der Waals surface area contributed by atoms with Crippen LogP contribution in [0.25, 0.3) is 0 Å². The van der Waals surface area contributed by atoms with E-state index < -0.39 is 0 Å². The Morgan fingerprint density at radius 2 is 1.85 bits per heavy atom. The molecule has 0 amide bonds. The Labute approximate surface area is 94.8 Å². The van der Waals surface area contributed by atoms with E-state index in [1.807, 2.05) is 0 Å². The molecule has 0 N–H and O–H groups in total. The maximum Gasteiger partial charge on any atom is 1.00 e. The number of aryl methyl sites for hydroxylation is 1. The molecule has 0 saturated heterocycles. The molecule has 0 aliphatic heterocycles. The molecule has 0 aliphatic rings. The molecule has 0 aliphatic carbocycles. The van der Waals surface area contributed by atoms with E-state index in [1.165, 1.54) is 11.3 Å². The molecule has 1 nitrogen and oxygen atoms in total. The van der Waals surface area contributed by atoms with Crippen molar-refractivity contribution in [3.05, 3.63) is 29.8 Å². The molecular weight excluding hydrogens is 153 g/mol. The molecule has 0 radical (unpaired) electrons. The van der Waals surface area contributed by atoms with Gasteiger partial charge in [-0.05, 0) is 38.5 Å². The zero-order valence-corrected chi connectivity index (χ0v) is 9.17. The topological polar surface area (TPSA) is 3.24 Å². The maximum atomic E-state index is 2.35. The van der Waals surface area contributed by atoms with Gasteiger partial charge in [0.1, 0.15) is 0 Å². The SMILES string of the molecule is CCN(CC)c1cccc(C)c1.[H-].[Li+]. The summed E-state index contributed by atoms with van der Waals surface area (Å²) in [5, 5.41) is 0. The summed E-state index contributed by atoms with van der Waals surface area (Å²) in [4.78, 5) is 2.35. The smallest absolute Gasteiger partial charge is 1.00 e. The van der Waals surface area contributed by atoms with E-state index in [1.54, 1.807) is 0 Å². The van der Waals surface area contributed by atoms with Crippen molar-refractivity contribution in [3.8, 4) is 0 Å². The van der Waals surface area contributed by atoms with Crippen molar-refractivity contribution in [1.82, 2.24) is 0 Å². The fraction of sp³-hybridized carbons (Fsp3) is 0.455. The first kappa shape index (κ1) is 12.6. The third kappa shape index (κ3) is 3.46. The quantitative estimate of drug-likeness (QED) is 0.577. The summed E-state index contributed by atoms with van der Waals surface area (Å²) < 4.78 is 0. The Morgan fingerprint density at radius 1 is 1.23 bits per heavy atom. The average molecular weight is 171 g/mol. The number of rotatable bonds is 3. The molecule has 0 heterocycles. The van der Waals surface area contributed by atoms with Gasteiger partial charge in [0.25, 0.3) is 0 Å². The van der Waals surface area contributed by atoms with Crippen LogP contribution < -0.4 is 23.8 Å². The van der Waals surface area contributed by atoms with Crippen LogP contribution in [0.4, 0.5) is 5.69 Å². The summed E-state index contributed by atoms with van der Waals surface area (Å²) in [6.45, 7) is 8.67. The van der Waals surface area contributed by atoms with Gasteiger partial charge in [-0.1, -0.05) is 12.1 Å². The summed E-state index contributed by atoms with van der Waals surface area (Å²) in [6, 6.07) is 8.64. The average Bonchev–Trinajstić information content (AvgIpc) is 2.07. The van der Waals surface area contributed by atoms with E-state index in [-0.39, 0.29) is 20.3 Å². The monoisotopic (exact) mass is 171 g/mol. The molecule has 2 heteroatoms. The molecule has 13 heavy (non-hydrogen) atoms. The first-order valence-corrected chi connectivity index (χ1v) is 4.59. The molecule has 1 rings (SSSR count). The zero-order valence-electron chi connectivity index (χ0n) is 10.2. The van der Waals surface area contributed by atoms with Crippen LogP contribution in [0.15, 0.2) is 24.3 Å². The van der Waals surface area contributed by atoms with Crippen LogP contribution in [-0.4, -0.2) is 13.1 Å². The van der Waals surface area contributed by atoms with Gasteiger partial charge in [-0.15, -0.1) is 0 Å². The van der Waals surface area contributed by atoms with Gasteiger partial charge >= 0.3 is 18.9 Å². The fourth-order valence-electron chi connectivity index (χ4n) is 1.41. The normalized spacial score (nSPS) is 9.15. The molecule has 0 saturated carbocycles. The summed E-state index contributed by atoms with van der Waals surface area (Å²) in [5.41, 5.74) is 2.67. The fourth-order valence-corrected chi connectivity index (χ4v) is 1.41. The van der Waals surface area contributed by atoms with Gasteiger partial charge in [0.15, 0.2) is 0 Å².